The van der Waals surface area contributed by atoms with E-state index in [0.29, 0.717) is 12.2 Å². The molecule has 0 saturated heterocycles. The number of rotatable bonds is 8. The van der Waals surface area contributed by atoms with Gasteiger partial charge in [0.2, 0.25) is 10.0 Å². The summed E-state index contributed by atoms with van der Waals surface area (Å²) in [4.78, 5) is 11.2. The summed E-state index contributed by atoms with van der Waals surface area (Å²) in [6.07, 6.45) is 1.20. The molecule has 1 N–H and O–H groups in total. The second-order valence-corrected chi connectivity index (χ2v) is 7.95. The summed E-state index contributed by atoms with van der Waals surface area (Å²) in [5.74, 6) is -1.78. The first-order valence-corrected chi connectivity index (χ1v) is 9.49. The van der Waals surface area contributed by atoms with Gasteiger partial charge in [0, 0.05) is 5.75 Å². The van der Waals surface area contributed by atoms with Crippen molar-refractivity contribution in [3.8, 4) is 0 Å². The topological polar surface area (TPSA) is 74.7 Å². The SMILES string of the molecule is CCCSN(c1ccc(F)c(C(=O)O)c1C)S(=O)(=O)CCC. The number of benzene rings is 1. The van der Waals surface area contributed by atoms with Crippen molar-refractivity contribution in [3.63, 3.8) is 0 Å². The number of nitrogens with zero attached hydrogens (tertiary/aromatic N) is 1. The Morgan fingerprint density at radius 3 is 2.45 bits per heavy atom. The molecule has 0 aromatic heterocycles. The summed E-state index contributed by atoms with van der Waals surface area (Å²) in [7, 11) is -3.59. The molecule has 0 fully saturated rings. The van der Waals surface area contributed by atoms with Gasteiger partial charge in [0.25, 0.3) is 0 Å². The zero-order valence-electron chi connectivity index (χ0n) is 12.8. The van der Waals surface area contributed by atoms with Crippen molar-refractivity contribution >= 4 is 33.6 Å². The third-order valence-corrected chi connectivity index (χ3v) is 6.57. The molecule has 0 amide bonds. The summed E-state index contributed by atoms with van der Waals surface area (Å²) in [5.41, 5.74) is -0.187. The smallest absolute Gasteiger partial charge is 0.339 e. The fraction of sp³-hybridized carbons (Fsp3) is 0.500. The number of carboxylic acids is 1. The van der Waals surface area contributed by atoms with E-state index in [1.54, 1.807) is 6.92 Å². The van der Waals surface area contributed by atoms with Crippen LogP contribution in [0.1, 0.15) is 42.6 Å². The van der Waals surface area contributed by atoms with Gasteiger partial charge >= 0.3 is 5.97 Å². The Morgan fingerprint density at radius 1 is 1.32 bits per heavy atom. The molecular weight excluding hydrogens is 329 g/mol. The van der Waals surface area contributed by atoms with Gasteiger partial charge < -0.3 is 5.11 Å². The molecule has 0 spiro atoms. The van der Waals surface area contributed by atoms with E-state index in [1.807, 2.05) is 6.92 Å². The Bertz CT molecular complexity index is 646. The van der Waals surface area contributed by atoms with Gasteiger partial charge in [-0.15, -0.1) is 0 Å². The lowest BCUT2D eigenvalue weighted by Crippen LogP contribution is -2.28. The normalized spacial score (nSPS) is 11.5. The molecule has 0 aliphatic rings. The Labute approximate surface area is 134 Å². The molecule has 8 heteroatoms. The van der Waals surface area contributed by atoms with Crippen LogP contribution in [0.2, 0.25) is 0 Å². The van der Waals surface area contributed by atoms with Crippen LogP contribution in [0.4, 0.5) is 10.1 Å². The number of carboxylic acid groups (broad SMARTS) is 1. The van der Waals surface area contributed by atoms with Gasteiger partial charge in [-0.3, -0.25) is 0 Å². The first-order chi connectivity index (χ1) is 10.3. The van der Waals surface area contributed by atoms with Crippen molar-refractivity contribution in [2.24, 2.45) is 0 Å². The van der Waals surface area contributed by atoms with E-state index < -0.39 is 27.4 Å². The van der Waals surface area contributed by atoms with Crippen LogP contribution in [0.15, 0.2) is 12.1 Å². The number of carbonyl (C=O) groups is 1. The lowest BCUT2D eigenvalue weighted by atomic mass is 10.1. The maximum absolute atomic E-state index is 13.7. The van der Waals surface area contributed by atoms with E-state index in [1.165, 1.54) is 13.0 Å². The number of sulfonamides is 1. The predicted molar refractivity (Wildman–Crippen MR) is 87.4 cm³/mol. The number of aromatic carboxylic acids is 1. The molecule has 5 nitrogen and oxygen atoms in total. The van der Waals surface area contributed by atoms with Crippen molar-refractivity contribution in [1.29, 1.82) is 0 Å². The lowest BCUT2D eigenvalue weighted by molar-refractivity contribution is 0.0691. The molecule has 124 valence electrons. The monoisotopic (exact) mass is 349 g/mol. The summed E-state index contributed by atoms with van der Waals surface area (Å²) in [6.45, 7) is 5.08. The molecule has 22 heavy (non-hydrogen) atoms. The van der Waals surface area contributed by atoms with Crippen LogP contribution >= 0.6 is 11.9 Å². The maximum Gasteiger partial charge on any atom is 0.339 e. The van der Waals surface area contributed by atoms with Gasteiger partial charge in [0.05, 0.1) is 11.4 Å². The zero-order chi connectivity index (χ0) is 16.9. The van der Waals surface area contributed by atoms with Crippen LogP contribution in [0.5, 0.6) is 0 Å². The first kappa shape index (κ1) is 18.8. The van der Waals surface area contributed by atoms with E-state index in [2.05, 4.69) is 0 Å². The van der Waals surface area contributed by atoms with E-state index >= 15 is 0 Å². The van der Waals surface area contributed by atoms with Crippen LogP contribution in [0.3, 0.4) is 0 Å². The third kappa shape index (κ3) is 4.13. The maximum atomic E-state index is 13.7. The summed E-state index contributed by atoms with van der Waals surface area (Å²) in [6, 6.07) is 2.31. The molecule has 0 bridgehead atoms. The number of halogens is 1. The van der Waals surface area contributed by atoms with Gasteiger partial charge in [-0.25, -0.2) is 21.3 Å². The molecule has 0 unspecified atom stereocenters. The highest BCUT2D eigenvalue weighted by Crippen LogP contribution is 2.33. The average molecular weight is 349 g/mol. The third-order valence-electron chi connectivity index (χ3n) is 2.92. The van der Waals surface area contributed by atoms with Crippen LogP contribution < -0.4 is 3.71 Å². The van der Waals surface area contributed by atoms with Crippen LogP contribution in [-0.2, 0) is 10.0 Å². The number of hydrogen-bond donors (Lipinski definition) is 1. The highest BCUT2D eigenvalue weighted by molar-refractivity contribution is 8.14. The van der Waals surface area contributed by atoms with E-state index in [0.717, 1.165) is 28.1 Å². The predicted octanol–water partition coefficient (Wildman–Crippen LogP) is 3.44. The minimum absolute atomic E-state index is 0.0526. The number of hydrogen-bond acceptors (Lipinski definition) is 4. The Kier molecular flexibility index (Phi) is 6.67. The van der Waals surface area contributed by atoms with Crippen molar-refractivity contribution in [2.45, 2.75) is 33.6 Å². The second kappa shape index (κ2) is 7.82. The Morgan fingerprint density at radius 2 is 1.95 bits per heavy atom. The molecule has 0 heterocycles. The molecule has 0 aliphatic heterocycles. The Balaban J connectivity index is 3.44. The Hall–Kier alpha value is -1.28. The minimum atomic E-state index is -3.59. The van der Waals surface area contributed by atoms with E-state index in [9.17, 15) is 17.6 Å². The fourth-order valence-electron chi connectivity index (χ4n) is 1.94. The van der Waals surface area contributed by atoms with Crippen molar-refractivity contribution in [1.82, 2.24) is 0 Å². The van der Waals surface area contributed by atoms with Gasteiger partial charge in [-0.05, 0) is 49.4 Å². The molecule has 1 aromatic rings. The van der Waals surface area contributed by atoms with Crippen LogP contribution in [0, 0.1) is 12.7 Å². The lowest BCUT2D eigenvalue weighted by Gasteiger charge is -2.25. The quantitative estimate of drug-likeness (QED) is 0.728. The summed E-state index contributed by atoms with van der Waals surface area (Å²) in [5, 5.41) is 9.12. The highest BCUT2D eigenvalue weighted by Gasteiger charge is 2.27. The average Bonchev–Trinajstić information content (AvgIpc) is 2.40. The molecular formula is C14H20FNO4S2. The molecule has 1 rings (SSSR count). The molecule has 1 aromatic carbocycles. The van der Waals surface area contributed by atoms with Gasteiger partial charge in [-0.2, -0.15) is 0 Å². The molecule has 0 saturated carbocycles. The fourth-order valence-corrected chi connectivity index (χ4v) is 4.90. The van der Waals surface area contributed by atoms with Crippen LogP contribution in [0.25, 0.3) is 0 Å². The van der Waals surface area contributed by atoms with Gasteiger partial charge in [0.1, 0.15) is 11.4 Å². The van der Waals surface area contributed by atoms with E-state index in [4.69, 9.17) is 5.11 Å². The van der Waals surface area contributed by atoms with Gasteiger partial charge in [-0.1, -0.05) is 13.8 Å². The zero-order valence-corrected chi connectivity index (χ0v) is 14.4. The second-order valence-electron chi connectivity index (χ2n) is 4.75. The van der Waals surface area contributed by atoms with Crippen LogP contribution in [-0.4, -0.2) is 31.0 Å². The van der Waals surface area contributed by atoms with Gasteiger partial charge in [0.15, 0.2) is 0 Å². The first-order valence-electron chi connectivity index (χ1n) is 6.94. The highest BCUT2D eigenvalue weighted by atomic mass is 32.3. The molecule has 0 atom stereocenters. The van der Waals surface area contributed by atoms with Crippen molar-refractivity contribution < 1.29 is 22.7 Å². The summed E-state index contributed by atoms with van der Waals surface area (Å²) >= 11 is 1.09. The minimum Gasteiger partial charge on any atom is -0.478 e. The molecule has 0 aliphatic carbocycles. The van der Waals surface area contributed by atoms with Crippen molar-refractivity contribution in [2.75, 3.05) is 15.2 Å². The standard InChI is InChI=1S/C14H20FNO4S2/c1-4-8-21-16(22(19,20)9-5-2)12-7-6-11(15)13(10(12)3)14(17)18/h6-7H,4-5,8-9H2,1-3H3,(H,17,18). The molecule has 0 radical (unpaired) electrons. The van der Waals surface area contributed by atoms with E-state index in [-0.39, 0.29) is 17.0 Å². The number of anilines is 1. The van der Waals surface area contributed by atoms with Crippen molar-refractivity contribution in [3.05, 3.63) is 29.1 Å². The summed E-state index contributed by atoms with van der Waals surface area (Å²) < 4.78 is 39.7. The largest absolute Gasteiger partial charge is 0.478 e.